The number of thioether (sulfide) groups is 1. The number of aromatic nitrogens is 5. The Morgan fingerprint density at radius 2 is 2.03 bits per heavy atom. The van der Waals surface area contributed by atoms with Gasteiger partial charge in [-0.2, -0.15) is 0 Å². The molecule has 150 valence electrons. The van der Waals surface area contributed by atoms with Crippen LogP contribution in [0.3, 0.4) is 0 Å². The van der Waals surface area contributed by atoms with Crippen molar-refractivity contribution < 1.29 is 9.53 Å². The minimum Gasteiger partial charge on any atom is -0.495 e. The first kappa shape index (κ1) is 18.4. The summed E-state index contributed by atoms with van der Waals surface area (Å²) in [6.45, 7) is 1.94. The van der Waals surface area contributed by atoms with Crippen LogP contribution in [0.4, 0.5) is 5.69 Å². The monoisotopic (exact) mass is 418 g/mol. The van der Waals surface area contributed by atoms with Crippen molar-refractivity contribution in [2.24, 2.45) is 0 Å². The lowest BCUT2D eigenvalue weighted by atomic mass is 10.1. The molecule has 4 aromatic rings. The molecule has 0 spiro atoms. The summed E-state index contributed by atoms with van der Waals surface area (Å²) in [7, 11) is 1.63. The first-order chi connectivity index (χ1) is 14.6. The second kappa shape index (κ2) is 7.34. The van der Waals surface area contributed by atoms with Gasteiger partial charge < -0.3 is 14.6 Å². The van der Waals surface area contributed by atoms with E-state index in [4.69, 9.17) is 4.74 Å². The van der Waals surface area contributed by atoms with Gasteiger partial charge in [0, 0.05) is 16.7 Å². The van der Waals surface area contributed by atoms with Crippen molar-refractivity contribution in [3.8, 4) is 22.7 Å². The number of nitrogens with one attached hydrogen (secondary N) is 1. The average Bonchev–Trinajstić information content (AvgIpc) is 3.42. The van der Waals surface area contributed by atoms with Crippen LogP contribution in [0.25, 0.3) is 16.9 Å². The second-order valence-electron chi connectivity index (χ2n) is 6.85. The number of carbonyl (C=O) groups excluding carboxylic acids is 1. The topological polar surface area (TPSA) is 86.9 Å². The summed E-state index contributed by atoms with van der Waals surface area (Å²) in [6, 6.07) is 13.5. The number of methoxy groups -OCH3 is 1. The minimum atomic E-state index is -0.517. The van der Waals surface area contributed by atoms with Crippen molar-refractivity contribution in [2.75, 3.05) is 12.4 Å². The smallest absolute Gasteiger partial charge is 0.260 e. The quantitative estimate of drug-likeness (QED) is 0.544. The van der Waals surface area contributed by atoms with Crippen LogP contribution in [0.15, 0.2) is 66.1 Å². The Hall–Kier alpha value is -3.59. The Labute approximate surface area is 176 Å². The molecule has 1 aliphatic rings. The van der Waals surface area contributed by atoms with Gasteiger partial charge in [0.15, 0.2) is 5.37 Å². The fourth-order valence-corrected chi connectivity index (χ4v) is 4.36. The summed E-state index contributed by atoms with van der Waals surface area (Å²) < 4.78 is 9.08. The number of aryl methyl sites for hydroxylation is 1. The number of nitrogens with zero attached hydrogens (tertiary/aromatic N) is 5. The molecule has 0 fully saturated rings. The van der Waals surface area contributed by atoms with Crippen LogP contribution in [0.1, 0.15) is 11.1 Å². The largest absolute Gasteiger partial charge is 0.495 e. The molecule has 1 atom stereocenters. The van der Waals surface area contributed by atoms with Crippen LogP contribution < -0.4 is 10.1 Å². The van der Waals surface area contributed by atoms with Crippen molar-refractivity contribution in [3.05, 3.63) is 66.9 Å². The number of rotatable bonds is 4. The fraction of sp³-hybridized carbons (Fsp3) is 0.143. The van der Waals surface area contributed by atoms with E-state index >= 15 is 0 Å². The summed E-state index contributed by atoms with van der Waals surface area (Å²) in [5, 5.41) is 10.9. The van der Waals surface area contributed by atoms with Gasteiger partial charge in [0.2, 0.25) is 0 Å². The molecular weight excluding hydrogens is 400 g/mol. The van der Waals surface area contributed by atoms with E-state index in [1.807, 2.05) is 60.2 Å². The van der Waals surface area contributed by atoms with Gasteiger partial charge in [-0.25, -0.2) is 9.67 Å². The molecule has 9 heteroatoms. The third-order valence-corrected chi connectivity index (χ3v) is 6.09. The summed E-state index contributed by atoms with van der Waals surface area (Å²) >= 11 is 1.45. The zero-order chi connectivity index (χ0) is 20.7. The lowest BCUT2D eigenvalue weighted by molar-refractivity contribution is -0.117. The number of ether oxygens (including phenoxy) is 1. The Morgan fingerprint density at radius 3 is 2.83 bits per heavy atom. The fourth-order valence-electron chi connectivity index (χ4n) is 3.34. The maximum absolute atomic E-state index is 12.6. The predicted octanol–water partition coefficient (Wildman–Crippen LogP) is 3.69. The van der Waals surface area contributed by atoms with Crippen molar-refractivity contribution in [2.45, 2.75) is 17.2 Å². The molecule has 0 radical (unpaired) electrons. The van der Waals surface area contributed by atoms with E-state index in [0.29, 0.717) is 11.4 Å². The lowest BCUT2D eigenvalue weighted by Gasteiger charge is -2.23. The Kier molecular flexibility index (Phi) is 4.51. The molecule has 1 unspecified atom stereocenters. The van der Waals surface area contributed by atoms with Crippen molar-refractivity contribution in [1.82, 2.24) is 24.5 Å². The number of imidazole rings is 1. The molecule has 0 bridgehead atoms. The van der Waals surface area contributed by atoms with Crippen molar-refractivity contribution in [3.63, 3.8) is 0 Å². The standard InChI is InChI=1S/C21H18N6O2S/c1-13-10-26(12-22-13)17-8-7-14(9-18(17)29-2)16-11-27(25-24-16)21-20(28)23-15-5-3-4-6-19(15)30-21/h3-12,21H,1-2H3,(H,23,28). The zero-order valence-corrected chi connectivity index (χ0v) is 17.1. The van der Waals surface area contributed by atoms with Crippen LogP contribution in [0.5, 0.6) is 5.75 Å². The van der Waals surface area contributed by atoms with Crippen LogP contribution >= 0.6 is 11.8 Å². The normalized spacial score (nSPS) is 15.5. The van der Waals surface area contributed by atoms with Gasteiger partial charge >= 0.3 is 0 Å². The third-order valence-electron chi connectivity index (χ3n) is 4.82. The van der Waals surface area contributed by atoms with Crippen LogP contribution in [0, 0.1) is 6.92 Å². The van der Waals surface area contributed by atoms with E-state index in [1.165, 1.54) is 11.8 Å². The second-order valence-corrected chi connectivity index (χ2v) is 7.97. The van der Waals surface area contributed by atoms with Gasteiger partial charge in [-0.3, -0.25) is 4.79 Å². The molecule has 0 aliphatic carbocycles. The molecule has 8 nitrogen and oxygen atoms in total. The van der Waals surface area contributed by atoms with E-state index in [2.05, 4.69) is 20.6 Å². The molecule has 2 aromatic heterocycles. The SMILES string of the molecule is COc1cc(-c2cn(C3Sc4ccccc4NC3=O)nn2)ccc1-n1cnc(C)c1. The van der Waals surface area contributed by atoms with Crippen LogP contribution in [-0.2, 0) is 4.79 Å². The van der Waals surface area contributed by atoms with Crippen molar-refractivity contribution in [1.29, 1.82) is 0 Å². The maximum Gasteiger partial charge on any atom is 0.260 e. The lowest BCUT2D eigenvalue weighted by Crippen LogP contribution is -2.27. The highest BCUT2D eigenvalue weighted by molar-refractivity contribution is 8.00. The van der Waals surface area contributed by atoms with Gasteiger partial charge in [0.1, 0.15) is 11.4 Å². The highest BCUT2D eigenvalue weighted by Crippen LogP contribution is 2.40. The molecule has 5 rings (SSSR count). The first-order valence-electron chi connectivity index (χ1n) is 9.30. The van der Waals surface area contributed by atoms with Crippen molar-refractivity contribution >= 4 is 23.4 Å². The van der Waals surface area contributed by atoms with Gasteiger partial charge in [0.25, 0.3) is 5.91 Å². The minimum absolute atomic E-state index is 0.126. The average molecular weight is 418 g/mol. The molecule has 1 aliphatic heterocycles. The summed E-state index contributed by atoms with van der Waals surface area (Å²) in [5.74, 6) is 0.566. The van der Waals surface area contributed by atoms with Gasteiger partial charge in [-0.15, -0.1) is 5.10 Å². The first-order valence-corrected chi connectivity index (χ1v) is 10.2. The number of carbonyl (C=O) groups is 1. The molecular formula is C21H18N6O2S. The molecule has 0 saturated heterocycles. The van der Waals surface area contributed by atoms with Gasteiger partial charge in [-0.05, 0) is 31.2 Å². The highest BCUT2D eigenvalue weighted by atomic mass is 32.2. The summed E-state index contributed by atoms with van der Waals surface area (Å²) in [5.41, 5.74) is 4.13. The maximum atomic E-state index is 12.6. The third kappa shape index (κ3) is 3.22. The van der Waals surface area contributed by atoms with E-state index < -0.39 is 5.37 Å². The van der Waals surface area contributed by atoms with E-state index in [1.54, 1.807) is 24.3 Å². The summed E-state index contributed by atoms with van der Waals surface area (Å²) in [4.78, 5) is 17.8. The van der Waals surface area contributed by atoms with E-state index in [9.17, 15) is 4.79 Å². The number of hydrogen-bond donors (Lipinski definition) is 1. The van der Waals surface area contributed by atoms with Gasteiger partial charge in [-0.1, -0.05) is 35.2 Å². The molecule has 0 saturated carbocycles. The molecule has 3 heterocycles. The Bertz CT molecular complexity index is 1250. The number of fused-ring (bicyclic) bond motifs is 1. The molecule has 1 N–H and O–H groups in total. The molecule has 30 heavy (non-hydrogen) atoms. The Balaban J connectivity index is 1.45. The number of para-hydroxylation sites is 1. The van der Waals surface area contributed by atoms with E-state index in [-0.39, 0.29) is 5.91 Å². The summed E-state index contributed by atoms with van der Waals surface area (Å²) in [6.07, 6.45) is 5.46. The highest BCUT2D eigenvalue weighted by Gasteiger charge is 2.29. The molecule has 1 amide bonds. The van der Waals surface area contributed by atoms with E-state index in [0.717, 1.165) is 27.5 Å². The molecule has 2 aromatic carbocycles. The number of benzene rings is 2. The Morgan fingerprint density at radius 1 is 1.17 bits per heavy atom. The van der Waals surface area contributed by atoms with Gasteiger partial charge in [0.05, 0.1) is 36.7 Å². The number of anilines is 1. The van der Waals surface area contributed by atoms with Crippen LogP contribution in [-0.4, -0.2) is 37.6 Å². The van der Waals surface area contributed by atoms with Crippen LogP contribution in [0.2, 0.25) is 0 Å². The number of hydrogen-bond acceptors (Lipinski definition) is 6. The number of amides is 1. The zero-order valence-electron chi connectivity index (χ0n) is 16.3. The predicted molar refractivity (Wildman–Crippen MR) is 114 cm³/mol.